The monoisotopic (exact) mass is 285 g/mol. The van der Waals surface area contributed by atoms with E-state index in [9.17, 15) is 14.4 Å². The number of benzene rings is 1. The third-order valence-corrected chi connectivity index (χ3v) is 4.74. The van der Waals surface area contributed by atoms with Gasteiger partial charge in [0.05, 0.1) is 16.7 Å². The lowest BCUT2D eigenvalue weighted by Crippen LogP contribution is -2.29. The largest absolute Gasteiger partial charge is 0.298 e. The Labute approximate surface area is 119 Å². The molecule has 0 atom stereocenters. The van der Waals surface area contributed by atoms with Gasteiger partial charge in [-0.1, -0.05) is 12.1 Å². The lowest BCUT2D eigenvalue weighted by atomic mass is 10.1. The van der Waals surface area contributed by atoms with Gasteiger partial charge in [0.15, 0.2) is 6.29 Å². The van der Waals surface area contributed by atoms with Crippen molar-refractivity contribution in [3.05, 3.63) is 51.4 Å². The van der Waals surface area contributed by atoms with E-state index in [0.29, 0.717) is 28.0 Å². The molecule has 5 heteroatoms. The first-order valence-electron chi connectivity index (χ1n) is 6.09. The summed E-state index contributed by atoms with van der Waals surface area (Å²) in [7, 11) is 0. The Morgan fingerprint density at radius 3 is 2.10 bits per heavy atom. The summed E-state index contributed by atoms with van der Waals surface area (Å²) in [4.78, 5) is 38.1. The average molecular weight is 285 g/mol. The van der Waals surface area contributed by atoms with Gasteiger partial charge < -0.3 is 0 Å². The molecule has 0 saturated carbocycles. The summed E-state index contributed by atoms with van der Waals surface area (Å²) in [6.45, 7) is 3.69. The Balaban J connectivity index is 2.19. The first kappa shape index (κ1) is 12.7. The summed E-state index contributed by atoms with van der Waals surface area (Å²) in [5, 5.41) is 0.418. The van der Waals surface area contributed by atoms with Gasteiger partial charge in [0, 0.05) is 4.88 Å². The minimum Gasteiger partial charge on any atom is -0.298 e. The summed E-state index contributed by atoms with van der Waals surface area (Å²) in [6, 6.07) is 6.70. The molecular weight excluding hydrogens is 274 g/mol. The maximum absolute atomic E-state index is 12.4. The van der Waals surface area contributed by atoms with Crippen molar-refractivity contribution in [2.45, 2.75) is 13.8 Å². The second kappa shape index (κ2) is 4.38. The van der Waals surface area contributed by atoms with E-state index in [1.54, 1.807) is 24.3 Å². The molecule has 1 aromatic heterocycles. The van der Waals surface area contributed by atoms with E-state index in [1.165, 1.54) is 11.3 Å². The highest BCUT2D eigenvalue weighted by atomic mass is 32.1. The van der Waals surface area contributed by atoms with Crippen LogP contribution >= 0.6 is 11.3 Å². The van der Waals surface area contributed by atoms with Gasteiger partial charge in [-0.3, -0.25) is 14.4 Å². The van der Waals surface area contributed by atoms with Crippen LogP contribution in [-0.2, 0) is 0 Å². The smallest absolute Gasteiger partial charge is 0.266 e. The van der Waals surface area contributed by atoms with Gasteiger partial charge in [0.25, 0.3) is 11.8 Å². The van der Waals surface area contributed by atoms with Crippen molar-refractivity contribution < 1.29 is 14.4 Å². The van der Waals surface area contributed by atoms with E-state index in [-0.39, 0.29) is 11.8 Å². The number of rotatable bonds is 2. The molecule has 1 aliphatic rings. The molecule has 20 heavy (non-hydrogen) atoms. The average Bonchev–Trinajstić information content (AvgIpc) is 2.87. The molecule has 4 nitrogen and oxygen atoms in total. The zero-order valence-corrected chi connectivity index (χ0v) is 11.8. The van der Waals surface area contributed by atoms with E-state index in [2.05, 4.69) is 0 Å². The maximum Gasteiger partial charge on any atom is 0.266 e. The fourth-order valence-electron chi connectivity index (χ4n) is 2.31. The van der Waals surface area contributed by atoms with Crippen molar-refractivity contribution in [3.8, 4) is 0 Å². The van der Waals surface area contributed by atoms with Crippen LogP contribution in [0.5, 0.6) is 0 Å². The van der Waals surface area contributed by atoms with E-state index < -0.39 is 0 Å². The fourth-order valence-corrected chi connectivity index (χ4v) is 3.43. The number of aldehydes is 1. The summed E-state index contributed by atoms with van der Waals surface area (Å²) in [5.74, 6) is -0.732. The molecule has 0 aliphatic carbocycles. The second-order valence-electron chi connectivity index (χ2n) is 4.61. The van der Waals surface area contributed by atoms with Crippen molar-refractivity contribution in [2.75, 3.05) is 4.90 Å². The molecule has 100 valence electrons. The van der Waals surface area contributed by atoms with Gasteiger partial charge in [-0.05, 0) is 31.5 Å². The molecule has 0 saturated heterocycles. The summed E-state index contributed by atoms with van der Waals surface area (Å²) in [6.07, 6.45) is 0.706. The molecular formula is C15H11NO3S. The molecule has 3 rings (SSSR count). The molecule has 2 aromatic rings. The number of hydrogen-bond acceptors (Lipinski definition) is 4. The van der Waals surface area contributed by atoms with Crippen LogP contribution in [0.2, 0.25) is 0 Å². The molecule has 0 N–H and O–H groups in total. The van der Waals surface area contributed by atoms with Crippen LogP contribution in [0, 0.1) is 13.8 Å². The van der Waals surface area contributed by atoms with Gasteiger partial charge in [-0.25, -0.2) is 4.90 Å². The van der Waals surface area contributed by atoms with Gasteiger partial charge in [0.2, 0.25) is 0 Å². The van der Waals surface area contributed by atoms with E-state index >= 15 is 0 Å². The standard InChI is InChI=1S/C15H11NO3S/c1-8-9(2)20-15(12(8)7-17)16-13(18)10-5-3-4-6-11(10)14(16)19/h3-7H,1-2H3. The van der Waals surface area contributed by atoms with E-state index in [0.717, 1.165) is 15.3 Å². The number of anilines is 1. The van der Waals surface area contributed by atoms with Crippen LogP contribution < -0.4 is 4.90 Å². The molecule has 2 amide bonds. The highest BCUT2D eigenvalue weighted by Crippen LogP contribution is 2.38. The number of hydrogen-bond donors (Lipinski definition) is 0. The summed E-state index contributed by atoms with van der Waals surface area (Å²) in [5.41, 5.74) is 2.01. The second-order valence-corrected chi connectivity index (χ2v) is 5.81. The molecule has 0 bridgehead atoms. The Kier molecular flexibility index (Phi) is 2.79. The minimum atomic E-state index is -0.366. The lowest BCUT2D eigenvalue weighted by molar-refractivity contribution is 0.0927. The van der Waals surface area contributed by atoms with Crippen LogP contribution in [0.4, 0.5) is 5.00 Å². The molecule has 1 aliphatic heterocycles. The van der Waals surface area contributed by atoms with E-state index in [4.69, 9.17) is 0 Å². The zero-order chi connectivity index (χ0) is 14.4. The van der Waals surface area contributed by atoms with Crippen LogP contribution in [0.3, 0.4) is 0 Å². The van der Waals surface area contributed by atoms with Crippen LogP contribution in [0.25, 0.3) is 0 Å². The third-order valence-electron chi connectivity index (χ3n) is 3.53. The van der Waals surface area contributed by atoms with Gasteiger partial charge in [-0.15, -0.1) is 11.3 Å². The van der Waals surface area contributed by atoms with Crippen molar-refractivity contribution in [3.63, 3.8) is 0 Å². The minimum absolute atomic E-state index is 0.366. The zero-order valence-electron chi connectivity index (χ0n) is 11.0. The van der Waals surface area contributed by atoms with Crippen molar-refractivity contribution >= 4 is 34.4 Å². The van der Waals surface area contributed by atoms with Gasteiger partial charge in [-0.2, -0.15) is 0 Å². The number of aryl methyl sites for hydroxylation is 1. The Morgan fingerprint density at radius 2 is 1.60 bits per heavy atom. The quantitative estimate of drug-likeness (QED) is 0.629. The number of fused-ring (bicyclic) bond motifs is 1. The van der Waals surface area contributed by atoms with Crippen molar-refractivity contribution in [2.24, 2.45) is 0 Å². The van der Waals surface area contributed by atoms with Crippen LogP contribution in [0.15, 0.2) is 24.3 Å². The topological polar surface area (TPSA) is 54.5 Å². The van der Waals surface area contributed by atoms with Gasteiger partial charge >= 0.3 is 0 Å². The number of amides is 2. The number of carbonyl (C=O) groups excluding carboxylic acids is 3. The lowest BCUT2D eigenvalue weighted by Gasteiger charge is -2.12. The van der Waals surface area contributed by atoms with Crippen molar-refractivity contribution in [1.29, 1.82) is 0 Å². The predicted molar refractivity (Wildman–Crippen MR) is 76.8 cm³/mol. The maximum atomic E-state index is 12.4. The van der Waals surface area contributed by atoms with Crippen molar-refractivity contribution in [1.82, 2.24) is 0 Å². The first-order chi connectivity index (χ1) is 9.56. The number of imide groups is 1. The van der Waals surface area contributed by atoms with Gasteiger partial charge in [0.1, 0.15) is 5.00 Å². The van der Waals surface area contributed by atoms with Crippen LogP contribution in [-0.4, -0.2) is 18.1 Å². The van der Waals surface area contributed by atoms with E-state index in [1.807, 2.05) is 13.8 Å². The molecule has 2 heterocycles. The Hall–Kier alpha value is -2.27. The third kappa shape index (κ3) is 1.56. The highest BCUT2D eigenvalue weighted by Gasteiger charge is 2.38. The Morgan fingerprint density at radius 1 is 1.05 bits per heavy atom. The summed E-state index contributed by atoms with van der Waals surface area (Å²) >= 11 is 1.29. The molecule has 0 fully saturated rings. The number of nitrogens with zero attached hydrogens (tertiary/aromatic N) is 1. The SMILES string of the molecule is Cc1sc(N2C(=O)c3ccccc3C2=O)c(C=O)c1C. The number of carbonyl (C=O) groups is 3. The number of thiophene rings is 1. The highest BCUT2D eigenvalue weighted by molar-refractivity contribution is 7.17. The first-order valence-corrected chi connectivity index (χ1v) is 6.91. The Bertz CT molecular complexity index is 725. The predicted octanol–water partition coefficient (Wildman–Crippen LogP) is 2.98. The molecule has 0 spiro atoms. The summed E-state index contributed by atoms with van der Waals surface area (Å²) < 4.78 is 0. The normalized spacial score (nSPS) is 13.8. The molecule has 0 unspecified atom stereocenters. The molecule has 0 radical (unpaired) electrons. The molecule has 1 aromatic carbocycles. The van der Waals surface area contributed by atoms with Crippen LogP contribution in [0.1, 0.15) is 41.5 Å². The fraction of sp³-hybridized carbons (Fsp3) is 0.133.